The fraction of sp³-hybridized carbons (Fsp3) is 0. The molecule has 0 atom stereocenters. The second kappa shape index (κ2) is 3.57. The summed E-state index contributed by atoms with van der Waals surface area (Å²) in [6.45, 7) is 0. The van der Waals surface area contributed by atoms with Gasteiger partial charge >= 0.3 is 0 Å². The quantitative estimate of drug-likeness (QED) is 0.653. The first kappa shape index (κ1) is 9.05. The smallest absolute Gasteiger partial charge is 0.252 e. The largest absolute Gasteiger partial charge is 0.276 e. The van der Waals surface area contributed by atoms with Crippen molar-refractivity contribution in [1.82, 2.24) is 0 Å². The van der Waals surface area contributed by atoms with Crippen molar-refractivity contribution in [3.8, 4) is 6.07 Å². The third-order valence-corrected chi connectivity index (χ3v) is 1.85. The van der Waals surface area contributed by atoms with E-state index < -0.39 is 5.24 Å². The van der Waals surface area contributed by atoms with Crippen molar-refractivity contribution in [3.63, 3.8) is 0 Å². The molecule has 1 rings (SSSR count). The fourth-order valence-corrected chi connectivity index (χ4v) is 1.07. The van der Waals surface area contributed by atoms with Crippen molar-refractivity contribution in [1.29, 1.82) is 5.26 Å². The summed E-state index contributed by atoms with van der Waals surface area (Å²) in [5.74, 6) is 0. The molecule has 12 heavy (non-hydrogen) atoms. The number of nitrogens with zero attached hydrogens (tertiary/aromatic N) is 1. The predicted octanol–water partition coefficient (Wildman–Crippen LogP) is 2.59. The van der Waals surface area contributed by atoms with Crippen molar-refractivity contribution in [2.45, 2.75) is 0 Å². The number of hydrogen-bond donors (Lipinski definition) is 0. The van der Waals surface area contributed by atoms with E-state index in [0.717, 1.165) is 0 Å². The zero-order valence-corrected chi connectivity index (χ0v) is 7.36. The first-order valence-electron chi connectivity index (χ1n) is 3.04. The van der Waals surface area contributed by atoms with Crippen LogP contribution in [0.1, 0.15) is 15.9 Å². The maximum Gasteiger partial charge on any atom is 0.252 e. The molecule has 0 N–H and O–H groups in total. The first-order valence-corrected chi connectivity index (χ1v) is 3.80. The number of carbonyl (C=O) groups excluding carboxylic acids is 1. The molecule has 0 unspecified atom stereocenters. The molecule has 0 heterocycles. The molecule has 1 aromatic rings. The summed E-state index contributed by atoms with van der Waals surface area (Å²) in [5, 5.41) is 8.15. The van der Waals surface area contributed by atoms with E-state index in [1.807, 2.05) is 6.07 Å². The van der Waals surface area contributed by atoms with E-state index in [9.17, 15) is 4.79 Å². The number of hydrogen-bond acceptors (Lipinski definition) is 2. The highest BCUT2D eigenvalue weighted by Crippen LogP contribution is 2.17. The Labute approximate surface area is 79.3 Å². The highest BCUT2D eigenvalue weighted by atomic mass is 35.5. The number of nitriles is 1. The molecule has 0 spiro atoms. The molecular weight excluding hydrogens is 197 g/mol. The van der Waals surface area contributed by atoms with Gasteiger partial charge < -0.3 is 0 Å². The molecule has 2 nitrogen and oxygen atoms in total. The SMILES string of the molecule is N#Cc1ccc(C(=O)Cl)cc1Cl. The zero-order valence-electron chi connectivity index (χ0n) is 5.84. The number of rotatable bonds is 1. The standard InChI is InChI=1S/C8H3Cl2NO/c9-7-3-5(8(10)12)1-2-6(7)4-11/h1-3H. The average molecular weight is 200 g/mol. The van der Waals surface area contributed by atoms with Gasteiger partial charge in [-0.15, -0.1) is 0 Å². The molecule has 0 aromatic heterocycles. The summed E-state index contributed by atoms with van der Waals surface area (Å²) >= 11 is 10.8. The van der Waals surface area contributed by atoms with Crippen LogP contribution < -0.4 is 0 Å². The van der Waals surface area contributed by atoms with E-state index in [1.165, 1.54) is 18.2 Å². The number of benzene rings is 1. The van der Waals surface area contributed by atoms with Crippen molar-refractivity contribution < 1.29 is 4.79 Å². The minimum absolute atomic E-state index is 0.240. The van der Waals surface area contributed by atoms with Gasteiger partial charge in [0.15, 0.2) is 0 Å². The normalized spacial score (nSPS) is 9.08. The van der Waals surface area contributed by atoms with E-state index in [1.54, 1.807) is 0 Å². The molecule has 4 heteroatoms. The summed E-state index contributed by atoms with van der Waals surface area (Å²) in [4.78, 5) is 10.6. The molecule has 0 amide bonds. The van der Waals surface area contributed by atoms with E-state index in [-0.39, 0.29) is 5.02 Å². The Bertz CT molecular complexity index is 368. The maximum absolute atomic E-state index is 10.6. The Kier molecular flexibility index (Phi) is 2.69. The van der Waals surface area contributed by atoms with E-state index in [4.69, 9.17) is 28.5 Å². The van der Waals surface area contributed by atoms with Crippen molar-refractivity contribution >= 4 is 28.4 Å². The molecule has 0 aliphatic rings. The van der Waals surface area contributed by atoms with Crippen LogP contribution in [0.5, 0.6) is 0 Å². The van der Waals surface area contributed by atoms with Crippen LogP contribution in [0.15, 0.2) is 18.2 Å². The monoisotopic (exact) mass is 199 g/mol. The van der Waals surface area contributed by atoms with Crippen LogP contribution in [0.4, 0.5) is 0 Å². The first-order chi connectivity index (χ1) is 5.65. The Balaban J connectivity index is 3.21. The highest BCUT2D eigenvalue weighted by molar-refractivity contribution is 6.67. The summed E-state index contributed by atoms with van der Waals surface area (Å²) < 4.78 is 0. The Morgan fingerprint density at radius 2 is 2.17 bits per heavy atom. The van der Waals surface area contributed by atoms with Crippen molar-refractivity contribution in [2.24, 2.45) is 0 Å². The van der Waals surface area contributed by atoms with Crippen LogP contribution in [-0.2, 0) is 0 Å². The van der Waals surface area contributed by atoms with Gasteiger partial charge in [0, 0.05) is 5.56 Å². The molecule has 0 saturated heterocycles. The number of halogens is 2. The maximum atomic E-state index is 10.6. The Morgan fingerprint density at radius 1 is 1.50 bits per heavy atom. The number of carbonyl (C=O) groups is 1. The lowest BCUT2D eigenvalue weighted by Crippen LogP contribution is -1.89. The van der Waals surface area contributed by atoms with Crippen LogP contribution in [0, 0.1) is 11.3 Å². The van der Waals surface area contributed by atoms with Gasteiger partial charge in [-0.2, -0.15) is 5.26 Å². The lowest BCUT2D eigenvalue weighted by molar-refractivity contribution is 0.108. The van der Waals surface area contributed by atoms with Crippen molar-refractivity contribution in [2.75, 3.05) is 0 Å². The van der Waals surface area contributed by atoms with Gasteiger partial charge in [0.25, 0.3) is 5.24 Å². The molecule has 0 aliphatic heterocycles. The molecule has 0 radical (unpaired) electrons. The van der Waals surface area contributed by atoms with Crippen LogP contribution in [0.2, 0.25) is 5.02 Å². The molecule has 0 fully saturated rings. The van der Waals surface area contributed by atoms with Gasteiger partial charge in [0.2, 0.25) is 0 Å². The topological polar surface area (TPSA) is 40.9 Å². The van der Waals surface area contributed by atoms with E-state index in [2.05, 4.69) is 0 Å². The zero-order chi connectivity index (χ0) is 9.14. The second-order valence-electron chi connectivity index (χ2n) is 2.08. The third kappa shape index (κ3) is 1.76. The van der Waals surface area contributed by atoms with Crippen LogP contribution in [-0.4, -0.2) is 5.24 Å². The lowest BCUT2D eigenvalue weighted by atomic mass is 10.2. The average Bonchev–Trinajstić information content (AvgIpc) is 2.04. The van der Waals surface area contributed by atoms with Gasteiger partial charge in [-0.3, -0.25) is 4.79 Å². The van der Waals surface area contributed by atoms with E-state index >= 15 is 0 Å². The van der Waals surface area contributed by atoms with Gasteiger partial charge in [-0.25, -0.2) is 0 Å². The summed E-state index contributed by atoms with van der Waals surface area (Å²) in [7, 11) is 0. The minimum Gasteiger partial charge on any atom is -0.276 e. The van der Waals surface area contributed by atoms with Crippen LogP contribution in [0.3, 0.4) is 0 Å². The molecular formula is C8H3Cl2NO. The molecule has 0 bridgehead atoms. The van der Waals surface area contributed by atoms with Gasteiger partial charge in [0.05, 0.1) is 10.6 Å². The molecule has 0 saturated carbocycles. The third-order valence-electron chi connectivity index (χ3n) is 1.32. The molecule has 0 aliphatic carbocycles. The van der Waals surface area contributed by atoms with Gasteiger partial charge in [-0.1, -0.05) is 11.6 Å². The molecule has 60 valence electrons. The fourth-order valence-electron chi connectivity index (χ4n) is 0.728. The predicted molar refractivity (Wildman–Crippen MR) is 46.4 cm³/mol. The van der Waals surface area contributed by atoms with Crippen molar-refractivity contribution in [3.05, 3.63) is 34.3 Å². The Hall–Kier alpha value is -1.04. The lowest BCUT2D eigenvalue weighted by Gasteiger charge is -1.95. The highest BCUT2D eigenvalue weighted by Gasteiger charge is 2.04. The summed E-state index contributed by atoms with van der Waals surface area (Å²) in [6.07, 6.45) is 0. The van der Waals surface area contributed by atoms with Gasteiger partial charge in [-0.05, 0) is 29.8 Å². The molecule has 1 aromatic carbocycles. The second-order valence-corrected chi connectivity index (χ2v) is 2.83. The minimum atomic E-state index is -0.582. The van der Waals surface area contributed by atoms with Crippen LogP contribution >= 0.6 is 23.2 Å². The van der Waals surface area contributed by atoms with E-state index in [0.29, 0.717) is 11.1 Å². The summed E-state index contributed by atoms with van der Waals surface area (Å²) in [6, 6.07) is 6.16. The van der Waals surface area contributed by atoms with Crippen LogP contribution in [0.25, 0.3) is 0 Å². The summed E-state index contributed by atoms with van der Waals surface area (Å²) in [5.41, 5.74) is 0.624. The Morgan fingerprint density at radius 3 is 2.58 bits per heavy atom. The van der Waals surface area contributed by atoms with Gasteiger partial charge in [0.1, 0.15) is 6.07 Å².